The molecular formula is C27H33ClFN3O4. The predicted molar refractivity (Wildman–Crippen MR) is 137 cm³/mol. The molecule has 3 amide bonds. The summed E-state index contributed by atoms with van der Waals surface area (Å²) in [4.78, 5) is 38.7. The molecule has 0 spiro atoms. The van der Waals surface area contributed by atoms with Crippen LogP contribution in [0.1, 0.15) is 61.9 Å². The standard InChI is InChI=1S/C27H33ClFN3O4/c1-27(2,18-7-6-8-20(29)15-18)17-31-26(35)22-10-12-24(33)30-13-4-3-5-14-36-23-11-9-19(28)16-21(23)25(34)32-22/h6-9,11,15-16,22H,3-5,10,12-14,17H2,1-2H3,(H,30,33)(H,31,35)(H,32,34)/t22-/m0/s1. The quantitative estimate of drug-likeness (QED) is 0.568. The molecule has 0 aliphatic carbocycles. The maximum atomic E-state index is 13.7. The second-order valence-corrected chi connectivity index (χ2v) is 10.0. The SMILES string of the molecule is CC(C)(CNC(=O)[C@@H]1CCC(=O)NCCCCCOc2ccc(Cl)cc2C(=O)N1)c1cccc(F)c1. The topological polar surface area (TPSA) is 96.5 Å². The summed E-state index contributed by atoms with van der Waals surface area (Å²) >= 11 is 6.13. The van der Waals surface area contributed by atoms with E-state index in [1.54, 1.807) is 24.3 Å². The van der Waals surface area contributed by atoms with Crippen molar-refractivity contribution >= 4 is 29.3 Å². The van der Waals surface area contributed by atoms with Gasteiger partial charge in [-0.3, -0.25) is 14.4 Å². The van der Waals surface area contributed by atoms with Crippen molar-refractivity contribution in [1.82, 2.24) is 16.0 Å². The van der Waals surface area contributed by atoms with Crippen molar-refractivity contribution in [2.75, 3.05) is 19.7 Å². The summed E-state index contributed by atoms with van der Waals surface area (Å²) in [5, 5.41) is 8.82. The Hall–Kier alpha value is -3.13. The number of hydrogen-bond acceptors (Lipinski definition) is 4. The predicted octanol–water partition coefficient (Wildman–Crippen LogP) is 4.13. The molecule has 0 aromatic heterocycles. The van der Waals surface area contributed by atoms with Gasteiger partial charge in [0.05, 0.1) is 12.2 Å². The third-order valence-electron chi connectivity index (χ3n) is 6.18. The summed E-state index contributed by atoms with van der Waals surface area (Å²) < 4.78 is 19.5. The van der Waals surface area contributed by atoms with Gasteiger partial charge in [-0.15, -0.1) is 0 Å². The minimum Gasteiger partial charge on any atom is -0.493 e. The molecule has 36 heavy (non-hydrogen) atoms. The highest BCUT2D eigenvalue weighted by Crippen LogP contribution is 2.25. The van der Waals surface area contributed by atoms with E-state index in [0.29, 0.717) is 23.9 Å². The Labute approximate surface area is 216 Å². The van der Waals surface area contributed by atoms with E-state index >= 15 is 0 Å². The molecule has 1 aliphatic heterocycles. The van der Waals surface area contributed by atoms with Crippen LogP contribution in [-0.2, 0) is 15.0 Å². The molecule has 0 unspecified atom stereocenters. The van der Waals surface area contributed by atoms with Crippen molar-refractivity contribution in [1.29, 1.82) is 0 Å². The Balaban J connectivity index is 1.78. The Morgan fingerprint density at radius 3 is 2.75 bits per heavy atom. The molecule has 1 atom stereocenters. The van der Waals surface area contributed by atoms with Gasteiger partial charge >= 0.3 is 0 Å². The fourth-order valence-corrected chi connectivity index (χ4v) is 4.10. The van der Waals surface area contributed by atoms with Gasteiger partial charge in [-0.25, -0.2) is 4.39 Å². The second-order valence-electron chi connectivity index (χ2n) is 9.58. The van der Waals surface area contributed by atoms with Crippen molar-refractivity contribution in [2.45, 2.75) is 57.4 Å². The summed E-state index contributed by atoms with van der Waals surface area (Å²) in [6.45, 7) is 4.94. The van der Waals surface area contributed by atoms with E-state index < -0.39 is 23.3 Å². The zero-order chi connectivity index (χ0) is 26.1. The highest BCUT2D eigenvalue weighted by Gasteiger charge is 2.27. The molecule has 0 bridgehead atoms. The molecule has 1 aliphatic rings. The normalized spacial score (nSPS) is 17.9. The average Bonchev–Trinajstić information content (AvgIpc) is 2.85. The van der Waals surface area contributed by atoms with Gasteiger partial charge in [0.25, 0.3) is 5.91 Å². The number of carbonyl (C=O) groups is 3. The van der Waals surface area contributed by atoms with E-state index in [-0.39, 0.29) is 36.7 Å². The Bertz CT molecular complexity index is 1090. The van der Waals surface area contributed by atoms with Gasteiger partial charge in [-0.05, 0) is 61.6 Å². The van der Waals surface area contributed by atoms with Crippen LogP contribution in [0.4, 0.5) is 4.39 Å². The smallest absolute Gasteiger partial charge is 0.255 e. The highest BCUT2D eigenvalue weighted by atomic mass is 35.5. The lowest BCUT2D eigenvalue weighted by atomic mass is 9.84. The van der Waals surface area contributed by atoms with E-state index in [0.717, 1.165) is 24.8 Å². The number of halogens is 2. The van der Waals surface area contributed by atoms with E-state index in [1.165, 1.54) is 18.2 Å². The highest BCUT2D eigenvalue weighted by molar-refractivity contribution is 6.31. The van der Waals surface area contributed by atoms with E-state index in [9.17, 15) is 18.8 Å². The number of carbonyl (C=O) groups excluding carboxylic acids is 3. The molecule has 0 fully saturated rings. The van der Waals surface area contributed by atoms with Gasteiger partial charge in [0.1, 0.15) is 17.6 Å². The van der Waals surface area contributed by atoms with Crippen LogP contribution in [0.3, 0.4) is 0 Å². The first-order valence-electron chi connectivity index (χ1n) is 12.2. The lowest BCUT2D eigenvalue weighted by Crippen LogP contribution is -2.49. The number of benzene rings is 2. The first kappa shape index (κ1) is 27.5. The lowest BCUT2D eigenvalue weighted by molar-refractivity contribution is -0.124. The average molecular weight is 518 g/mol. The molecule has 0 saturated carbocycles. The Morgan fingerprint density at radius 2 is 1.97 bits per heavy atom. The number of ether oxygens (including phenoxy) is 1. The third kappa shape index (κ3) is 7.95. The van der Waals surface area contributed by atoms with Crippen LogP contribution in [0, 0.1) is 5.82 Å². The summed E-state index contributed by atoms with van der Waals surface area (Å²) in [6, 6.07) is 10.0. The van der Waals surface area contributed by atoms with Crippen molar-refractivity contribution < 1.29 is 23.5 Å². The summed E-state index contributed by atoms with van der Waals surface area (Å²) in [5.74, 6) is -1.11. The van der Waals surface area contributed by atoms with E-state index in [4.69, 9.17) is 16.3 Å². The second kappa shape index (κ2) is 12.7. The summed E-state index contributed by atoms with van der Waals surface area (Å²) in [6.07, 6.45) is 2.62. The van der Waals surface area contributed by atoms with Crippen molar-refractivity contribution in [2.24, 2.45) is 0 Å². The first-order valence-corrected chi connectivity index (χ1v) is 12.6. The minimum absolute atomic E-state index is 0.0740. The van der Waals surface area contributed by atoms with Crippen molar-refractivity contribution in [3.05, 3.63) is 64.4 Å². The molecule has 3 rings (SSSR count). The first-order chi connectivity index (χ1) is 17.2. The van der Waals surface area contributed by atoms with Crippen LogP contribution >= 0.6 is 11.6 Å². The molecular weight excluding hydrogens is 485 g/mol. The van der Waals surface area contributed by atoms with Crippen LogP contribution in [-0.4, -0.2) is 43.5 Å². The number of fused-ring (bicyclic) bond motifs is 1. The summed E-state index contributed by atoms with van der Waals surface area (Å²) in [7, 11) is 0. The molecule has 0 radical (unpaired) electrons. The monoisotopic (exact) mass is 517 g/mol. The van der Waals surface area contributed by atoms with Crippen molar-refractivity contribution in [3.63, 3.8) is 0 Å². The Morgan fingerprint density at radius 1 is 1.17 bits per heavy atom. The molecule has 2 aromatic rings. The largest absolute Gasteiger partial charge is 0.493 e. The molecule has 7 nitrogen and oxygen atoms in total. The zero-order valence-electron chi connectivity index (χ0n) is 20.7. The van der Waals surface area contributed by atoms with Crippen LogP contribution < -0.4 is 20.7 Å². The molecule has 3 N–H and O–H groups in total. The number of hydrogen-bond donors (Lipinski definition) is 3. The molecule has 194 valence electrons. The van der Waals surface area contributed by atoms with Gasteiger partial charge in [0.15, 0.2) is 0 Å². The minimum atomic E-state index is -0.969. The van der Waals surface area contributed by atoms with Gasteiger partial charge in [0, 0.05) is 29.9 Å². The maximum Gasteiger partial charge on any atom is 0.255 e. The van der Waals surface area contributed by atoms with Gasteiger partial charge < -0.3 is 20.7 Å². The maximum absolute atomic E-state index is 13.7. The van der Waals surface area contributed by atoms with Crippen LogP contribution in [0.25, 0.3) is 0 Å². The van der Waals surface area contributed by atoms with Crippen LogP contribution in [0.2, 0.25) is 5.02 Å². The third-order valence-corrected chi connectivity index (χ3v) is 6.41. The Kier molecular flexibility index (Phi) is 9.70. The molecule has 1 heterocycles. The number of nitrogens with one attached hydrogen (secondary N) is 3. The van der Waals surface area contributed by atoms with Gasteiger partial charge in [-0.1, -0.05) is 37.6 Å². The summed E-state index contributed by atoms with van der Waals surface area (Å²) in [5.41, 5.74) is 0.390. The fourth-order valence-electron chi connectivity index (χ4n) is 3.93. The molecule has 0 saturated heterocycles. The molecule has 2 aromatic carbocycles. The van der Waals surface area contributed by atoms with Gasteiger partial charge in [0.2, 0.25) is 11.8 Å². The zero-order valence-corrected chi connectivity index (χ0v) is 21.4. The van der Waals surface area contributed by atoms with Crippen LogP contribution in [0.5, 0.6) is 5.75 Å². The van der Waals surface area contributed by atoms with Crippen LogP contribution in [0.15, 0.2) is 42.5 Å². The van der Waals surface area contributed by atoms with E-state index in [1.807, 2.05) is 13.8 Å². The number of rotatable bonds is 4. The number of amides is 3. The fraction of sp³-hybridized carbons (Fsp3) is 0.444. The van der Waals surface area contributed by atoms with Gasteiger partial charge in [-0.2, -0.15) is 0 Å². The lowest BCUT2D eigenvalue weighted by Gasteiger charge is -2.27. The molecule has 9 heteroatoms. The van der Waals surface area contributed by atoms with E-state index in [2.05, 4.69) is 16.0 Å². The van der Waals surface area contributed by atoms with Crippen molar-refractivity contribution in [3.8, 4) is 5.75 Å².